The Morgan fingerprint density at radius 1 is 1.03 bits per heavy atom. The molecule has 36 heavy (non-hydrogen) atoms. The summed E-state index contributed by atoms with van der Waals surface area (Å²) in [5.41, 5.74) is -1.69. The van der Waals surface area contributed by atoms with Crippen molar-refractivity contribution in [3.05, 3.63) is 35.4 Å². The quantitative estimate of drug-likeness (QED) is 0.494. The third kappa shape index (κ3) is 3.87. The van der Waals surface area contributed by atoms with Crippen LogP contribution in [0.4, 0.5) is 13.2 Å². The molecule has 2 amide bonds. The third-order valence-electron chi connectivity index (χ3n) is 10.8. The maximum atomic E-state index is 14.3. The summed E-state index contributed by atoms with van der Waals surface area (Å²) in [5.74, 6) is -0.781. The van der Waals surface area contributed by atoms with Crippen molar-refractivity contribution in [2.24, 2.45) is 34.5 Å². The van der Waals surface area contributed by atoms with Crippen LogP contribution in [0.1, 0.15) is 83.3 Å². The molecule has 5 rings (SSSR count). The summed E-state index contributed by atoms with van der Waals surface area (Å²) in [6.07, 6.45) is 3.57. The van der Waals surface area contributed by atoms with Crippen molar-refractivity contribution < 1.29 is 22.8 Å². The summed E-state index contributed by atoms with van der Waals surface area (Å²) in [6.45, 7) is 7.39. The standard InChI is InChI=1S/C29H39F3N2O2/c1-17-7-9-18(10-8-17)28(4,29(30,31)32)34-25(36)20-16-27(3)22-13-15-26(2)14-5-6-21(26)19(22)11-12-23(27)33-24(20)35/h7-10,19-23H,5-6,11-16H2,1-4H3,(H,33,35)(H,34,36)/t19-,20?,21-,22+,23?,26-,27+,28?/m0/s1. The Labute approximate surface area is 212 Å². The first kappa shape index (κ1) is 25.6. The predicted octanol–water partition coefficient (Wildman–Crippen LogP) is 6.03. The Bertz CT molecular complexity index is 1040. The zero-order valence-electron chi connectivity index (χ0n) is 21.8. The maximum Gasteiger partial charge on any atom is 0.415 e. The van der Waals surface area contributed by atoms with Crippen LogP contribution in [-0.2, 0) is 15.1 Å². The van der Waals surface area contributed by atoms with Crippen LogP contribution in [0.3, 0.4) is 0 Å². The molecule has 3 saturated carbocycles. The van der Waals surface area contributed by atoms with Gasteiger partial charge in [-0.1, -0.05) is 50.1 Å². The molecule has 1 aliphatic heterocycles. The van der Waals surface area contributed by atoms with Gasteiger partial charge in [-0.05, 0) is 92.9 Å². The maximum absolute atomic E-state index is 14.3. The van der Waals surface area contributed by atoms with E-state index >= 15 is 0 Å². The minimum atomic E-state index is -4.72. The van der Waals surface area contributed by atoms with Crippen LogP contribution in [0.5, 0.6) is 0 Å². The van der Waals surface area contributed by atoms with Gasteiger partial charge >= 0.3 is 6.18 Å². The normalized spacial score (nSPS) is 39.8. The van der Waals surface area contributed by atoms with Gasteiger partial charge in [-0.15, -0.1) is 0 Å². The first-order valence-electron chi connectivity index (χ1n) is 13.5. The average molecular weight is 505 g/mol. The zero-order valence-corrected chi connectivity index (χ0v) is 21.8. The molecule has 3 aliphatic carbocycles. The highest BCUT2D eigenvalue weighted by atomic mass is 19.4. The number of alkyl halides is 3. The number of hydrogen-bond donors (Lipinski definition) is 2. The van der Waals surface area contributed by atoms with E-state index < -0.39 is 29.4 Å². The number of hydrogen-bond acceptors (Lipinski definition) is 2. The Hall–Kier alpha value is -2.05. The van der Waals surface area contributed by atoms with Crippen LogP contribution in [0.2, 0.25) is 0 Å². The van der Waals surface area contributed by atoms with E-state index in [-0.39, 0.29) is 17.0 Å². The van der Waals surface area contributed by atoms with Gasteiger partial charge < -0.3 is 10.6 Å². The van der Waals surface area contributed by atoms with Crippen molar-refractivity contribution in [2.45, 2.75) is 96.8 Å². The fourth-order valence-electron chi connectivity index (χ4n) is 8.52. The second kappa shape index (κ2) is 8.49. The van der Waals surface area contributed by atoms with Gasteiger partial charge in [0.25, 0.3) is 0 Å². The smallest absolute Gasteiger partial charge is 0.352 e. The minimum Gasteiger partial charge on any atom is -0.352 e. The number of benzene rings is 1. The highest BCUT2D eigenvalue weighted by Gasteiger charge is 2.61. The molecule has 4 aliphatic rings. The number of nitrogens with one attached hydrogen (secondary N) is 2. The Balaban J connectivity index is 1.41. The van der Waals surface area contributed by atoms with E-state index in [0.717, 1.165) is 38.2 Å². The van der Waals surface area contributed by atoms with E-state index in [1.54, 1.807) is 19.1 Å². The Morgan fingerprint density at radius 3 is 2.39 bits per heavy atom. The number of rotatable bonds is 3. The second-order valence-electron chi connectivity index (χ2n) is 12.8. The van der Waals surface area contributed by atoms with E-state index in [0.29, 0.717) is 29.6 Å². The van der Waals surface area contributed by atoms with Gasteiger partial charge in [0.15, 0.2) is 5.54 Å². The molecule has 198 valence electrons. The van der Waals surface area contributed by atoms with Crippen LogP contribution < -0.4 is 10.6 Å². The molecule has 1 saturated heterocycles. The number of carbonyl (C=O) groups excluding carboxylic acids is 2. The lowest BCUT2D eigenvalue weighted by molar-refractivity contribution is -0.199. The number of fused-ring (bicyclic) bond motifs is 5. The lowest BCUT2D eigenvalue weighted by Gasteiger charge is -2.60. The highest BCUT2D eigenvalue weighted by Crippen LogP contribution is 2.64. The van der Waals surface area contributed by atoms with Crippen molar-refractivity contribution in [3.63, 3.8) is 0 Å². The second-order valence-corrected chi connectivity index (χ2v) is 12.8. The SMILES string of the molecule is Cc1ccc(C(C)(NC(=O)C2C[C@@]3(C)C(CC[C@@H]4[C@H]3CC[C@]3(C)CCC[C@@H]43)NC2=O)C(F)(F)F)cc1. The molecule has 1 heterocycles. The third-order valence-corrected chi connectivity index (χ3v) is 10.8. The lowest BCUT2D eigenvalue weighted by atomic mass is 9.47. The number of halogens is 3. The molecule has 7 heteroatoms. The fourth-order valence-corrected chi connectivity index (χ4v) is 8.52. The molecule has 2 N–H and O–H groups in total. The summed E-state index contributed by atoms with van der Waals surface area (Å²) < 4.78 is 43.0. The van der Waals surface area contributed by atoms with Crippen molar-refractivity contribution in [1.29, 1.82) is 0 Å². The van der Waals surface area contributed by atoms with Crippen molar-refractivity contribution in [2.75, 3.05) is 0 Å². The fraction of sp³-hybridized carbons (Fsp3) is 0.724. The van der Waals surface area contributed by atoms with Gasteiger partial charge in [0.05, 0.1) is 0 Å². The first-order chi connectivity index (χ1) is 16.8. The monoisotopic (exact) mass is 504 g/mol. The van der Waals surface area contributed by atoms with Gasteiger partial charge in [0.1, 0.15) is 5.92 Å². The van der Waals surface area contributed by atoms with Gasteiger partial charge in [-0.2, -0.15) is 13.2 Å². The molecule has 8 atom stereocenters. The van der Waals surface area contributed by atoms with Gasteiger partial charge in [-0.3, -0.25) is 9.59 Å². The zero-order chi connectivity index (χ0) is 26.1. The number of amides is 2. The summed E-state index contributed by atoms with van der Waals surface area (Å²) in [4.78, 5) is 26.5. The summed E-state index contributed by atoms with van der Waals surface area (Å²) in [6, 6.07) is 5.98. The number of carbonyl (C=O) groups is 2. The van der Waals surface area contributed by atoms with Crippen molar-refractivity contribution in [1.82, 2.24) is 10.6 Å². The van der Waals surface area contributed by atoms with E-state index in [9.17, 15) is 22.8 Å². The Morgan fingerprint density at radius 2 is 1.72 bits per heavy atom. The summed E-state index contributed by atoms with van der Waals surface area (Å²) in [7, 11) is 0. The van der Waals surface area contributed by atoms with E-state index in [1.165, 1.54) is 31.4 Å². The molecule has 0 aromatic heterocycles. The van der Waals surface area contributed by atoms with Crippen molar-refractivity contribution in [3.8, 4) is 0 Å². The number of piperidine rings is 1. The molecule has 1 aromatic carbocycles. The molecule has 0 radical (unpaired) electrons. The van der Waals surface area contributed by atoms with Gasteiger partial charge in [-0.25, -0.2) is 0 Å². The lowest BCUT2D eigenvalue weighted by Crippen LogP contribution is -2.65. The molecule has 0 bridgehead atoms. The first-order valence-corrected chi connectivity index (χ1v) is 13.5. The summed E-state index contributed by atoms with van der Waals surface area (Å²) >= 11 is 0. The molecule has 4 nitrogen and oxygen atoms in total. The van der Waals surface area contributed by atoms with E-state index in [4.69, 9.17) is 0 Å². The molecule has 0 spiro atoms. The molecule has 4 fully saturated rings. The van der Waals surface area contributed by atoms with Crippen LogP contribution in [0.25, 0.3) is 0 Å². The molecular weight excluding hydrogens is 465 g/mol. The van der Waals surface area contributed by atoms with E-state index in [1.807, 2.05) is 0 Å². The van der Waals surface area contributed by atoms with Crippen LogP contribution in [0, 0.1) is 41.4 Å². The summed E-state index contributed by atoms with van der Waals surface area (Å²) in [5, 5.41) is 5.36. The van der Waals surface area contributed by atoms with Gasteiger partial charge in [0.2, 0.25) is 11.8 Å². The van der Waals surface area contributed by atoms with Crippen LogP contribution >= 0.6 is 0 Å². The van der Waals surface area contributed by atoms with Gasteiger partial charge in [0, 0.05) is 6.04 Å². The minimum absolute atomic E-state index is 0.0212. The predicted molar refractivity (Wildman–Crippen MR) is 132 cm³/mol. The topological polar surface area (TPSA) is 58.2 Å². The van der Waals surface area contributed by atoms with Crippen LogP contribution in [-0.4, -0.2) is 24.0 Å². The van der Waals surface area contributed by atoms with E-state index in [2.05, 4.69) is 24.5 Å². The average Bonchev–Trinajstić information content (AvgIpc) is 3.20. The van der Waals surface area contributed by atoms with Crippen LogP contribution in [0.15, 0.2) is 24.3 Å². The Kier molecular flexibility index (Phi) is 6.03. The largest absolute Gasteiger partial charge is 0.415 e. The molecular formula is C29H39F3N2O2. The molecule has 3 unspecified atom stereocenters. The van der Waals surface area contributed by atoms with Crippen molar-refractivity contribution >= 4 is 11.8 Å². The molecule has 1 aromatic rings. The highest BCUT2D eigenvalue weighted by molar-refractivity contribution is 6.01. The number of aryl methyl sites for hydroxylation is 1.